The smallest absolute Gasteiger partial charge is 0.274 e. The first kappa shape index (κ1) is 17.1. The number of rotatable bonds is 4. The van der Waals surface area contributed by atoms with Crippen LogP contribution in [-0.2, 0) is 0 Å². The van der Waals surface area contributed by atoms with E-state index >= 15 is 0 Å². The van der Waals surface area contributed by atoms with Crippen molar-refractivity contribution in [1.29, 1.82) is 0 Å². The van der Waals surface area contributed by atoms with Gasteiger partial charge in [-0.25, -0.2) is 4.98 Å². The minimum Gasteiger partial charge on any atom is -0.457 e. The van der Waals surface area contributed by atoms with Crippen LogP contribution in [0.3, 0.4) is 0 Å². The average molecular weight is 378 g/mol. The summed E-state index contributed by atoms with van der Waals surface area (Å²) in [6, 6.07) is 20.2. The number of carbonyl (C=O) groups is 1. The van der Waals surface area contributed by atoms with Crippen molar-refractivity contribution in [3.05, 3.63) is 89.3 Å². The fourth-order valence-electron chi connectivity index (χ4n) is 2.83. The number of nitrogens with one attached hydrogen (secondary N) is 1. The lowest BCUT2D eigenvalue weighted by molar-refractivity contribution is 0.102. The molecule has 1 amide bonds. The first-order chi connectivity index (χ1) is 13.1. The van der Waals surface area contributed by atoms with E-state index in [0.29, 0.717) is 33.5 Å². The minimum atomic E-state index is -0.237. The number of imidazole rings is 1. The molecule has 0 spiro atoms. The summed E-state index contributed by atoms with van der Waals surface area (Å²) >= 11 is 6.00. The average Bonchev–Trinajstić information content (AvgIpc) is 2.99. The molecule has 2 aromatic heterocycles. The van der Waals surface area contributed by atoms with Crippen molar-refractivity contribution in [2.24, 2.45) is 0 Å². The van der Waals surface area contributed by atoms with E-state index in [1.54, 1.807) is 41.8 Å². The number of nitrogens with zero attached hydrogens (tertiary/aromatic N) is 2. The largest absolute Gasteiger partial charge is 0.457 e. The Hall–Kier alpha value is -3.31. The van der Waals surface area contributed by atoms with Crippen molar-refractivity contribution in [1.82, 2.24) is 9.38 Å². The third-order valence-electron chi connectivity index (χ3n) is 4.07. The quantitative estimate of drug-likeness (QED) is 0.522. The van der Waals surface area contributed by atoms with Gasteiger partial charge in [0, 0.05) is 23.0 Å². The van der Waals surface area contributed by atoms with Gasteiger partial charge in [-0.3, -0.25) is 9.20 Å². The van der Waals surface area contributed by atoms with Crippen molar-refractivity contribution in [2.45, 2.75) is 6.92 Å². The molecule has 6 heteroatoms. The van der Waals surface area contributed by atoms with Crippen molar-refractivity contribution >= 4 is 28.8 Å². The predicted octanol–water partition coefficient (Wildman–Crippen LogP) is 5.34. The topological polar surface area (TPSA) is 55.6 Å². The minimum absolute atomic E-state index is 0.237. The number of amides is 1. The van der Waals surface area contributed by atoms with Crippen LogP contribution in [0.25, 0.3) is 5.65 Å². The first-order valence-electron chi connectivity index (χ1n) is 8.39. The van der Waals surface area contributed by atoms with Gasteiger partial charge in [-0.15, -0.1) is 0 Å². The maximum atomic E-state index is 12.7. The summed E-state index contributed by atoms with van der Waals surface area (Å²) in [5.41, 5.74) is 2.42. The molecule has 0 aliphatic heterocycles. The maximum absolute atomic E-state index is 12.7. The number of aryl methyl sites for hydroxylation is 1. The number of benzene rings is 2. The molecule has 0 bridgehead atoms. The van der Waals surface area contributed by atoms with E-state index in [-0.39, 0.29) is 5.91 Å². The normalized spacial score (nSPS) is 10.7. The van der Waals surface area contributed by atoms with Crippen LogP contribution >= 0.6 is 11.6 Å². The number of fused-ring (bicyclic) bond motifs is 1. The first-order valence-corrected chi connectivity index (χ1v) is 8.76. The van der Waals surface area contributed by atoms with Crippen LogP contribution in [-0.4, -0.2) is 15.3 Å². The highest BCUT2D eigenvalue weighted by atomic mass is 35.5. The summed E-state index contributed by atoms with van der Waals surface area (Å²) < 4.78 is 7.48. The Balaban J connectivity index is 1.52. The second-order valence-corrected chi connectivity index (χ2v) is 6.45. The molecular formula is C21H16ClN3O2. The van der Waals surface area contributed by atoms with Gasteiger partial charge in [-0.05, 0) is 49.4 Å². The zero-order chi connectivity index (χ0) is 18.8. The van der Waals surface area contributed by atoms with Crippen LogP contribution in [0.1, 0.15) is 16.2 Å². The van der Waals surface area contributed by atoms with Crippen LogP contribution in [0, 0.1) is 6.92 Å². The van der Waals surface area contributed by atoms with Crippen LogP contribution in [0.2, 0.25) is 5.02 Å². The van der Waals surface area contributed by atoms with Gasteiger partial charge in [-0.1, -0.05) is 29.8 Å². The Morgan fingerprint density at radius 1 is 1.04 bits per heavy atom. The van der Waals surface area contributed by atoms with Gasteiger partial charge in [0.05, 0.1) is 5.69 Å². The molecule has 0 saturated carbocycles. The van der Waals surface area contributed by atoms with Gasteiger partial charge in [0.15, 0.2) is 0 Å². The number of para-hydroxylation sites is 1. The van der Waals surface area contributed by atoms with E-state index in [1.165, 1.54) is 0 Å². The second-order valence-electron chi connectivity index (χ2n) is 6.01. The summed E-state index contributed by atoms with van der Waals surface area (Å²) in [7, 11) is 0. The SMILES string of the molecule is Cc1nc2cc(Cl)ccn2c1C(=O)Nc1ccc(Oc2ccccc2)cc1. The molecule has 0 atom stereocenters. The highest BCUT2D eigenvalue weighted by Crippen LogP contribution is 2.23. The Labute approximate surface area is 161 Å². The molecule has 5 nitrogen and oxygen atoms in total. The van der Waals surface area contributed by atoms with E-state index in [0.717, 1.165) is 5.75 Å². The second kappa shape index (κ2) is 7.13. The Kier molecular flexibility index (Phi) is 4.52. The summed E-state index contributed by atoms with van der Waals surface area (Å²) in [4.78, 5) is 17.1. The highest BCUT2D eigenvalue weighted by Gasteiger charge is 2.17. The van der Waals surface area contributed by atoms with Crippen LogP contribution in [0.4, 0.5) is 5.69 Å². The Morgan fingerprint density at radius 2 is 1.74 bits per heavy atom. The third-order valence-corrected chi connectivity index (χ3v) is 4.30. The number of hydrogen-bond acceptors (Lipinski definition) is 3. The standard InChI is InChI=1S/C21H16ClN3O2/c1-14-20(25-12-11-15(22)13-19(25)23-14)21(26)24-16-7-9-18(10-8-16)27-17-5-3-2-4-6-17/h2-13H,1H3,(H,24,26). The molecule has 2 heterocycles. The summed E-state index contributed by atoms with van der Waals surface area (Å²) in [5, 5.41) is 3.47. The molecule has 0 saturated heterocycles. The lowest BCUT2D eigenvalue weighted by Gasteiger charge is -2.08. The van der Waals surface area contributed by atoms with E-state index in [9.17, 15) is 4.79 Å². The predicted molar refractivity (Wildman–Crippen MR) is 106 cm³/mol. The summed E-state index contributed by atoms with van der Waals surface area (Å²) in [6.07, 6.45) is 1.74. The third kappa shape index (κ3) is 3.64. The zero-order valence-electron chi connectivity index (χ0n) is 14.5. The van der Waals surface area contributed by atoms with Crippen molar-refractivity contribution < 1.29 is 9.53 Å². The van der Waals surface area contributed by atoms with Gasteiger partial charge >= 0.3 is 0 Å². The fraction of sp³-hybridized carbons (Fsp3) is 0.0476. The molecule has 4 aromatic rings. The van der Waals surface area contributed by atoms with E-state index in [1.807, 2.05) is 42.5 Å². The summed E-state index contributed by atoms with van der Waals surface area (Å²) in [5.74, 6) is 1.22. The number of hydrogen-bond donors (Lipinski definition) is 1. The van der Waals surface area contributed by atoms with Gasteiger partial charge in [-0.2, -0.15) is 0 Å². The zero-order valence-corrected chi connectivity index (χ0v) is 15.3. The number of ether oxygens (including phenoxy) is 1. The van der Waals surface area contributed by atoms with Crippen LogP contribution in [0.5, 0.6) is 11.5 Å². The molecule has 0 unspecified atom stereocenters. The molecule has 0 aliphatic rings. The van der Waals surface area contributed by atoms with Gasteiger partial charge in [0.25, 0.3) is 5.91 Å². The number of anilines is 1. The highest BCUT2D eigenvalue weighted by molar-refractivity contribution is 6.30. The Morgan fingerprint density at radius 3 is 2.48 bits per heavy atom. The number of pyridine rings is 1. The molecular weight excluding hydrogens is 362 g/mol. The number of halogens is 1. The van der Waals surface area contributed by atoms with Gasteiger partial charge in [0.1, 0.15) is 22.8 Å². The van der Waals surface area contributed by atoms with E-state index in [4.69, 9.17) is 16.3 Å². The lowest BCUT2D eigenvalue weighted by Crippen LogP contribution is -2.15. The van der Waals surface area contributed by atoms with Crippen molar-refractivity contribution in [3.8, 4) is 11.5 Å². The lowest BCUT2D eigenvalue weighted by atomic mass is 10.2. The number of aromatic nitrogens is 2. The van der Waals surface area contributed by atoms with Gasteiger partial charge in [0.2, 0.25) is 0 Å². The van der Waals surface area contributed by atoms with Crippen LogP contribution in [0.15, 0.2) is 72.9 Å². The fourth-order valence-corrected chi connectivity index (χ4v) is 2.99. The number of carbonyl (C=O) groups excluding carboxylic acids is 1. The monoisotopic (exact) mass is 377 g/mol. The van der Waals surface area contributed by atoms with E-state index < -0.39 is 0 Å². The summed E-state index contributed by atoms with van der Waals surface area (Å²) in [6.45, 7) is 1.80. The molecule has 134 valence electrons. The molecule has 27 heavy (non-hydrogen) atoms. The molecule has 4 rings (SSSR count). The van der Waals surface area contributed by atoms with Crippen molar-refractivity contribution in [2.75, 3.05) is 5.32 Å². The van der Waals surface area contributed by atoms with Crippen LogP contribution < -0.4 is 10.1 Å². The molecule has 0 aliphatic carbocycles. The van der Waals surface area contributed by atoms with E-state index in [2.05, 4.69) is 10.3 Å². The van der Waals surface area contributed by atoms with Gasteiger partial charge < -0.3 is 10.1 Å². The molecule has 0 radical (unpaired) electrons. The molecule has 2 aromatic carbocycles. The molecule has 0 fully saturated rings. The Bertz CT molecular complexity index is 1110. The maximum Gasteiger partial charge on any atom is 0.274 e. The molecule has 1 N–H and O–H groups in total. The van der Waals surface area contributed by atoms with Crippen molar-refractivity contribution in [3.63, 3.8) is 0 Å².